The van der Waals surface area contributed by atoms with Crippen molar-refractivity contribution in [2.45, 2.75) is 39.5 Å². The number of nitrogens with one attached hydrogen (secondary N) is 1. The van der Waals surface area contributed by atoms with Crippen LogP contribution in [-0.2, 0) is 24.1 Å². The van der Waals surface area contributed by atoms with Gasteiger partial charge in [-0.05, 0) is 54.5 Å². The Hall–Kier alpha value is -2.49. The lowest BCUT2D eigenvalue weighted by atomic mass is 10.00. The minimum Gasteiger partial charge on any atom is -0.398 e. The maximum atomic E-state index is 12.7. The van der Waals surface area contributed by atoms with Gasteiger partial charge in [-0.3, -0.25) is 4.79 Å². The third-order valence-electron chi connectivity index (χ3n) is 4.98. The lowest BCUT2D eigenvalue weighted by Crippen LogP contribution is -2.37. The number of para-hydroxylation sites is 1. The molecule has 1 aliphatic heterocycles. The fourth-order valence-corrected chi connectivity index (χ4v) is 3.65. The summed E-state index contributed by atoms with van der Waals surface area (Å²) in [6.07, 6.45) is 3.83. The SMILES string of the molecule is CCc1cccc(CC)c1NC(=O)CN1CCCc2c(N)cccc21. The first-order valence-electron chi connectivity index (χ1n) is 9.17. The van der Waals surface area contributed by atoms with Gasteiger partial charge < -0.3 is 16.0 Å². The Bertz CT molecular complexity index is 747. The van der Waals surface area contributed by atoms with E-state index in [0.29, 0.717) is 6.54 Å². The monoisotopic (exact) mass is 337 g/mol. The van der Waals surface area contributed by atoms with Crippen molar-refractivity contribution in [3.63, 3.8) is 0 Å². The van der Waals surface area contributed by atoms with E-state index in [4.69, 9.17) is 5.73 Å². The number of rotatable bonds is 5. The van der Waals surface area contributed by atoms with Crippen molar-refractivity contribution in [1.29, 1.82) is 0 Å². The van der Waals surface area contributed by atoms with Crippen LogP contribution in [0, 0.1) is 0 Å². The number of carbonyl (C=O) groups excluding carboxylic acids is 1. The first-order valence-corrected chi connectivity index (χ1v) is 9.17. The highest BCUT2D eigenvalue weighted by molar-refractivity contribution is 5.95. The molecule has 0 radical (unpaired) electrons. The van der Waals surface area contributed by atoms with E-state index >= 15 is 0 Å². The van der Waals surface area contributed by atoms with Crippen molar-refractivity contribution in [3.8, 4) is 0 Å². The van der Waals surface area contributed by atoms with Crippen molar-refractivity contribution < 1.29 is 4.79 Å². The van der Waals surface area contributed by atoms with Gasteiger partial charge >= 0.3 is 0 Å². The van der Waals surface area contributed by atoms with Crippen LogP contribution in [0.3, 0.4) is 0 Å². The Balaban J connectivity index is 1.78. The number of nitrogens with zero attached hydrogens (tertiary/aromatic N) is 1. The average molecular weight is 337 g/mol. The van der Waals surface area contributed by atoms with Crippen molar-refractivity contribution in [3.05, 3.63) is 53.1 Å². The number of benzene rings is 2. The number of hydrogen-bond donors (Lipinski definition) is 2. The van der Waals surface area contributed by atoms with E-state index in [0.717, 1.165) is 49.3 Å². The predicted octanol–water partition coefficient (Wildman–Crippen LogP) is 3.78. The molecule has 4 heteroatoms. The van der Waals surface area contributed by atoms with Crippen LogP contribution in [0.4, 0.5) is 17.1 Å². The van der Waals surface area contributed by atoms with E-state index in [1.54, 1.807) is 0 Å². The smallest absolute Gasteiger partial charge is 0.243 e. The van der Waals surface area contributed by atoms with Gasteiger partial charge in [-0.25, -0.2) is 0 Å². The van der Waals surface area contributed by atoms with E-state index in [9.17, 15) is 4.79 Å². The van der Waals surface area contributed by atoms with Gasteiger partial charge in [-0.1, -0.05) is 38.1 Å². The summed E-state index contributed by atoms with van der Waals surface area (Å²) in [6.45, 7) is 5.49. The number of fused-ring (bicyclic) bond motifs is 1. The number of anilines is 3. The van der Waals surface area contributed by atoms with E-state index < -0.39 is 0 Å². The van der Waals surface area contributed by atoms with Crippen molar-refractivity contribution in [2.75, 3.05) is 29.0 Å². The van der Waals surface area contributed by atoms with Gasteiger partial charge in [0.2, 0.25) is 5.91 Å². The molecule has 0 unspecified atom stereocenters. The molecule has 0 bridgehead atoms. The number of amides is 1. The summed E-state index contributed by atoms with van der Waals surface area (Å²) < 4.78 is 0. The summed E-state index contributed by atoms with van der Waals surface area (Å²) in [5, 5.41) is 3.16. The van der Waals surface area contributed by atoms with Crippen LogP contribution in [0.25, 0.3) is 0 Å². The number of nitrogen functional groups attached to an aromatic ring is 1. The zero-order chi connectivity index (χ0) is 17.8. The quantitative estimate of drug-likeness (QED) is 0.816. The second-order valence-corrected chi connectivity index (χ2v) is 6.58. The third kappa shape index (κ3) is 3.63. The van der Waals surface area contributed by atoms with E-state index in [2.05, 4.69) is 48.3 Å². The van der Waals surface area contributed by atoms with Gasteiger partial charge in [0.25, 0.3) is 0 Å². The van der Waals surface area contributed by atoms with Crippen LogP contribution < -0.4 is 16.0 Å². The van der Waals surface area contributed by atoms with Crippen LogP contribution in [0.2, 0.25) is 0 Å². The Morgan fingerprint density at radius 2 is 1.80 bits per heavy atom. The standard InChI is InChI=1S/C21H27N3O/c1-3-15-8-5-9-16(4-2)21(15)23-20(25)14-24-13-7-10-17-18(22)11-6-12-19(17)24/h5-6,8-9,11-12H,3-4,7,10,13-14,22H2,1-2H3,(H,23,25). The molecule has 0 aromatic heterocycles. The molecule has 0 saturated carbocycles. The van der Waals surface area contributed by atoms with Crippen LogP contribution in [0.5, 0.6) is 0 Å². The van der Waals surface area contributed by atoms with Gasteiger partial charge in [-0.15, -0.1) is 0 Å². The molecular weight excluding hydrogens is 310 g/mol. The maximum Gasteiger partial charge on any atom is 0.243 e. The van der Waals surface area contributed by atoms with Crippen LogP contribution in [0.15, 0.2) is 36.4 Å². The molecule has 1 heterocycles. The van der Waals surface area contributed by atoms with Gasteiger partial charge in [0.05, 0.1) is 6.54 Å². The highest BCUT2D eigenvalue weighted by Gasteiger charge is 2.21. The van der Waals surface area contributed by atoms with Crippen molar-refractivity contribution >= 4 is 23.0 Å². The molecule has 0 spiro atoms. The number of carbonyl (C=O) groups is 1. The first-order chi connectivity index (χ1) is 12.1. The van der Waals surface area contributed by atoms with Gasteiger partial charge in [0, 0.05) is 23.6 Å². The summed E-state index contributed by atoms with van der Waals surface area (Å²) in [6, 6.07) is 12.2. The van der Waals surface area contributed by atoms with Gasteiger partial charge in [0.15, 0.2) is 0 Å². The predicted molar refractivity (Wildman–Crippen MR) is 105 cm³/mol. The highest BCUT2D eigenvalue weighted by Crippen LogP contribution is 2.31. The fourth-order valence-electron chi connectivity index (χ4n) is 3.65. The molecule has 3 N–H and O–H groups in total. The molecule has 0 saturated heterocycles. The summed E-state index contributed by atoms with van der Waals surface area (Å²) in [7, 11) is 0. The second-order valence-electron chi connectivity index (χ2n) is 6.58. The molecule has 4 nitrogen and oxygen atoms in total. The normalized spacial score (nSPS) is 13.4. The van der Waals surface area contributed by atoms with Crippen molar-refractivity contribution in [2.24, 2.45) is 0 Å². The molecule has 0 atom stereocenters. The second kappa shape index (κ2) is 7.60. The molecular formula is C21H27N3O. The van der Waals surface area contributed by atoms with E-state index in [-0.39, 0.29) is 5.91 Å². The Morgan fingerprint density at radius 3 is 2.48 bits per heavy atom. The largest absolute Gasteiger partial charge is 0.398 e. The minimum atomic E-state index is 0.0332. The molecule has 3 rings (SSSR count). The van der Waals surface area contributed by atoms with E-state index in [1.165, 1.54) is 16.7 Å². The van der Waals surface area contributed by atoms with Gasteiger partial charge in [-0.2, -0.15) is 0 Å². The highest BCUT2D eigenvalue weighted by atomic mass is 16.2. The molecule has 1 amide bonds. The Kier molecular flexibility index (Phi) is 5.27. The van der Waals surface area contributed by atoms with Crippen LogP contribution >= 0.6 is 0 Å². The summed E-state index contributed by atoms with van der Waals surface area (Å²) >= 11 is 0. The number of hydrogen-bond acceptors (Lipinski definition) is 3. The van der Waals surface area contributed by atoms with Crippen LogP contribution in [0.1, 0.15) is 37.0 Å². The fraction of sp³-hybridized carbons (Fsp3) is 0.381. The van der Waals surface area contributed by atoms with Crippen molar-refractivity contribution in [1.82, 2.24) is 0 Å². The Morgan fingerprint density at radius 1 is 1.12 bits per heavy atom. The number of aryl methyl sites for hydroxylation is 2. The molecule has 2 aromatic rings. The molecule has 0 aliphatic carbocycles. The third-order valence-corrected chi connectivity index (χ3v) is 4.98. The van der Waals surface area contributed by atoms with E-state index in [1.807, 2.05) is 12.1 Å². The minimum absolute atomic E-state index is 0.0332. The van der Waals surface area contributed by atoms with Gasteiger partial charge in [0.1, 0.15) is 0 Å². The Labute approximate surface area is 150 Å². The lowest BCUT2D eigenvalue weighted by Gasteiger charge is -2.31. The first kappa shape index (κ1) is 17.3. The summed E-state index contributed by atoms with van der Waals surface area (Å²) in [5.41, 5.74) is 12.6. The summed E-state index contributed by atoms with van der Waals surface area (Å²) in [4.78, 5) is 14.9. The zero-order valence-corrected chi connectivity index (χ0v) is 15.1. The maximum absolute atomic E-state index is 12.7. The molecule has 132 valence electrons. The zero-order valence-electron chi connectivity index (χ0n) is 15.1. The number of nitrogens with two attached hydrogens (primary N) is 1. The molecule has 1 aliphatic rings. The summed E-state index contributed by atoms with van der Waals surface area (Å²) in [5.74, 6) is 0.0332. The van der Waals surface area contributed by atoms with Crippen LogP contribution in [-0.4, -0.2) is 19.0 Å². The molecule has 2 aromatic carbocycles. The molecule has 0 fully saturated rings. The average Bonchev–Trinajstić information content (AvgIpc) is 2.62. The molecule has 25 heavy (non-hydrogen) atoms. The topological polar surface area (TPSA) is 58.4 Å². The lowest BCUT2D eigenvalue weighted by molar-refractivity contribution is -0.115.